The van der Waals surface area contributed by atoms with Crippen molar-refractivity contribution in [3.63, 3.8) is 0 Å². The third-order valence-corrected chi connectivity index (χ3v) is 2.10. The van der Waals surface area contributed by atoms with Crippen LogP contribution in [0.15, 0.2) is 0 Å². The summed E-state index contributed by atoms with van der Waals surface area (Å²) in [5.41, 5.74) is 5.35. The van der Waals surface area contributed by atoms with E-state index in [1.807, 2.05) is 11.8 Å². The van der Waals surface area contributed by atoms with E-state index >= 15 is 0 Å². The minimum absolute atomic E-state index is 0.729. The normalized spacial score (nSPS) is 23.6. The fourth-order valence-electron chi connectivity index (χ4n) is 0.596. The molecule has 2 nitrogen and oxygen atoms in total. The fraction of sp³-hybridized carbons (Fsp3) is 1.00. The van der Waals surface area contributed by atoms with Gasteiger partial charge in [0.25, 0.3) is 0 Å². The van der Waals surface area contributed by atoms with Crippen molar-refractivity contribution in [1.29, 1.82) is 0 Å². The van der Waals surface area contributed by atoms with Gasteiger partial charge in [0.1, 0.15) is 0 Å². The summed E-state index contributed by atoms with van der Waals surface area (Å²) in [6, 6.07) is 0. The molecular formula is C4H10N2S. The largest absolute Gasteiger partial charge is 0.318 e. The summed E-state index contributed by atoms with van der Waals surface area (Å²) >= 11 is 1.95. The van der Waals surface area contributed by atoms with Gasteiger partial charge in [-0.05, 0) is 0 Å². The SMILES string of the molecule is NCN1CCSC1. The van der Waals surface area contributed by atoms with E-state index in [9.17, 15) is 0 Å². The second-order valence-electron chi connectivity index (χ2n) is 1.61. The molecule has 1 aliphatic heterocycles. The molecule has 0 bridgehead atoms. The average Bonchev–Trinajstić information content (AvgIpc) is 2.14. The predicted molar refractivity (Wildman–Crippen MR) is 33.1 cm³/mol. The summed E-state index contributed by atoms with van der Waals surface area (Å²) in [5.74, 6) is 2.40. The average molecular weight is 118 g/mol. The third kappa shape index (κ3) is 1.33. The second kappa shape index (κ2) is 2.55. The van der Waals surface area contributed by atoms with Crippen molar-refractivity contribution in [3.8, 4) is 0 Å². The third-order valence-electron chi connectivity index (χ3n) is 1.08. The Morgan fingerprint density at radius 3 is 2.86 bits per heavy atom. The van der Waals surface area contributed by atoms with Gasteiger partial charge in [-0.3, -0.25) is 4.90 Å². The van der Waals surface area contributed by atoms with Crippen molar-refractivity contribution in [2.45, 2.75) is 0 Å². The van der Waals surface area contributed by atoms with Crippen molar-refractivity contribution in [2.75, 3.05) is 24.8 Å². The summed E-state index contributed by atoms with van der Waals surface area (Å²) in [4.78, 5) is 2.23. The molecule has 0 aliphatic carbocycles. The molecule has 0 amide bonds. The molecule has 0 aromatic heterocycles. The first kappa shape index (κ1) is 5.41. The first-order valence-electron chi connectivity index (χ1n) is 2.43. The lowest BCUT2D eigenvalue weighted by Crippen LogP contribution is -2.26. The number of nitrogens with two attached hydrogens (primary N) is 1. The summed E-state index contributed by atoms with van der Waals surface area (Å²) in [7, 11) is 0. The maximum Gasteiger partial charge on any atom is 0.0463 e. The van der Waals surface area contributed by atoms with Crippen LogP contribution in [-0.2, 0) is 0 Å². The molecule has 0 unspecified atom stereocenters. The second-order valence-corrected chi connectivity index (χ2v) is 2.69. The molecule has 42 valence electrons. The quantitative estimate of drug-likeness (QED) is 0.521. The number of rotatable bonds is 1. The van der Waals surface area contributed by atoms with Crippen molar-refractivity contribution in [1.82, 2.24) is 4.90 Å². The van der Waals surface area contributed by atoms with Crippen molar-refractivity contribution in [2.24, 2.45) is 5.73 Å². The molecule has 2 N–H and O–H groups in total. The highest BCUT2D eigenvalue weighted by molar-refractivity contribution is 7.99. The van der Waals surface area contributed by atoms with Gasteiger partial charge in [0.2, 0.25) is 0 Å². The van der Waals surface area contributed by atoms with Crippen LogP contribution in [0.25, 0.3) is 0 Å². The Hall–Kier alpha value is 0.270. The molecule has 0 aromatic carbocycles. The Morgan fingerprint density at radius 2 is 2.57 bits per heavy atom. The summed E-state index contributed by atoms with van der Waals surface area (Å²) in [6.07, 6.45) is 0. The van der Waals surface area contributed by atoms with Gasteiger partial charge < -0.3 is 5.73 Å². The predicted octanol–water partition coefficient (Wildman–Crippen LogP) is -0.0911. The molecule has 1 saturated heterocycles. The van der Waals surface area contributed by atoms with Crippen molar-refractivity contribution in [3.05, 3.63) is 0 Å². The van der Waals surface area contributed by atoms with E-state index in [-0.39, 0.29) is 0 Å². The van der Waals surface area contributed by atoms with E-state index in [0.717, 1.165) is 12.5 Å². The van der Waals surface area contributed by atoms with E-state index in [1.165, 1.54) is 12.3 Å². The van der Waals surface area contributed by atoms with Gasteiger partial charge in [-0.15, -0.1) is 11.8 Å². The van der Waals surface area contributed by atoms with Crippen LogP contribution in [0.4, 0.5) is 0 Å². The lowest BCUT2D eigenvalue weighted by molar-refractivity contribution is 0.368. The number of hydrogen-bond acceptors (Lipinski definition) is 3. The molecule has 0 atom stereocenters. The van der Waals surface area contributed by atoms with Crippen LogP contribution in [0, 0.1) is 0 Å². The summed E-state index contributed by atoms with van der Waals surface area (Å²) in [6.45, 7) is 1.91. The molecule has 0 spiro atoms. The molecule has 0 saturated carbocycles. The first-order valence-corrected chi connectivity index (χ1v) is 3.59. The molecule has 7 heavy (non-hydrogen) atoms. The van der Waals surface area contributed by atoms with Gasteiger partial charge in [-0.1, -0.05) is 0 Å². The molecule has 0 radical (unpaired) electrons. The molecule has 1 heterocycles. The van der Waals surface area contributed by atoms with Crippen LogP contribution in [-0.4, -0.2) is 29.7 Å². The zero-order valence-corrected chi connectivity index (χ0v) is 5.08. The Kier molecular flexibility index (Phi) is 1.97. The Labute approximate surface area is 48.1 Å². The minimum atomic E-state index is 0.729. The standard InChI is InChI=1S/C4H10N2S/c5-3-6-1-2-7-4-6/h1-5H2. The molecule has 1 aliphatic rings. The number of nitrogens with zero attached hydrogens (tertiary/aromatic N) is 1. The maximum absolute atomic E-state index is 5.35. The van der Waals surface area contributed by atoms with Gasteiger partial charge in [-0.25, -0.2) is 0 Å². The van der Waals surface area contributed by atoms with E-state index in [1.54, 1.807) is 0 Å². The number of thioether (sulfide) groups is 1. The molecular weight excluding hydrogens is 108 g/mol. The van der Waals surface area contributed by atoms with E-state index < -0.39 is 0 Å². The van der Waals surface area contributed by atoms with Crippen LogP contribution in [0.2, 0.25) is 0 Å². The highest BCUT2D eigenvalue weighted by Gasteiger charge is 2.07. The molecule has 3 heteroatoms. The minimum Gasteiger partial charge on any atom is -0.318 e. The summed E-state index contributed by atoms with van der Waals surface area (Å²) < 4.78 is 0. The van der Waals surface area contributed by atoms with Gasteiger partial charge in [-0.2, -0.15) is 0 Å². The topological polar surface area (TPSA) is 29.3 Å². The fourth-order valence-corrected chi connectivity index (χ4v) is 1.60. The van der Waals surface area contributed by atoms with Gasteiger partial charge in [0.05, 0.1) is 0 Å². The lowest BCUT2D eigenvalue weighted by atomic mass is 10.7. The Bertz CT molecular complexity index is 51.7. The Balaban J connectivity index is 2.14. The van der Waals surface area contributed by atoms with Gasteiger partial charge >= 0.3 is 0 Å². The van der Waals surface area contributed by atoms with Crippen LogP contribution >= 0.6 is 11.8 Å². The van der Waals surface area contributed by atoms with Crippen LogP contribution in [0.3, 0.4) is 0 Å². The summed E-state index contributed by atoms with van der Waals surface area (Å²) in [5, 5.41) is 0. The first-order chi connectivity index (χ1) is 3.43. The van der Waals surface area contributed by atoms with Crippen molar-refractivity contribution < 1.29 is 0 Å². The molecule has 1 fully saturated rings. The van der Waals surface area contributed by atoms with Gasteiger partial charge in [0.15, 0.2) is 0 Å². The van der Waals surface area contributed by atoms with Crippen molar-refractivity contribution >= 4 is 11.8 Å². The smallest absolute Gasteiger partial charge is 0.0463 e. The van der Waals surface area contributed by atoms with Crippen LogP contribution in [0.1, 0.15) is 0 Å². The highest BCUT2D eigenvalue weighted by Crippen LogP contribution is 2.10. The lowest BCUT2D eigenvalue weighted by Gasteiger charge is -2.07. The van der Waals surface area contributed by atoms with Gasteiger partial charge in [0, 0.05) is 24.8 Å². The molecule has 0 aromatic rings. The Morgan fingerprint density at radius 1 is 1.71 bits per heavy atom. The highest BCUT2D eigenvalue weighted by atomic mass is 32.2. The zero-order valence-electron chi connectivity index (χ0n) is 4.26. The zero-order chi connectivity index (χ0) is 5.11. The van der Waals surface area contributed by atoms with Crippen LogP contribution < -0.4 is 5.73 Å². The monoisotopic (exact) mass is 118 g/mol. The molecule has 1 rings (SSSR count). The van der Waals surface area contributed by atoms with E-state index in [2.05, 4.69) is 4.90 Å². The maximum atomic E-state index is 5.35. The van der Waals surface area contributed by atoms with E-state index in [0.29, 0.717) is 0 Å². The van der Waals surface area contributed by atoms with Crippen LogP contribution in [0.5, 0.6) is 0 Å². The number of hydrogen-bond donors (Lipinski definition) is 1. The van der Waals surface area contributed by atoms with E-state index in [4.69, 9.17) is 5.73 Å².